The molecule has 29 heavy (non-hydrogen) atoms. The fourth-order valence-corrected chi connectivity index (χ4v) is 4.04. The Labute approximate surface area is 171 Å². The van der Waals surface area contributed by atoms with Crippen molar-refractivity contribution in [1.82, 2.24) is 14.5 Å². The number of nitrogens with zero attached hydrogens (tertiary/aromatic N) is 4. The van der Waals surface area contributed by atoms with Crippen LogP contribution in [0.5, 0.6) is 0 Å². The van der Waals surface area contributed by atoms with Crippen LogP contribution < -0.4 is 10.6 Å². The summed E-state index contributed by atoms with van der Waals surface area (Å²) in [5.74, 6) is -0.502. The minimum atomic E-state index is -0.502. The van der Waals surface area contributed by atoms with E-state index < -0.39 is 5.91 Å². The number of fused-ring (bicyclic) bond motifs is 2. The second-order valence-electron chi connectivity index (χ2n) is 6.91. The van der Waals surface area contributed by atoms with Crippen LogP contribution in [0.1, 0.15) is 10.4 Å². The van der Waals surface area contributed by atoms with E-state index in [-0.39, 0.29) is 0 Å². The Morgan fingerprint density at radius 2 is 1.93 bits per heavy atom. The predicted molar refractivity (Wildman–Crippen MR) is 113 cm³/mol. The van der Waals surface area contributed by atoms with Gasteiger partial charge in [0.1, 0.15) is 11.8 Å². The van der Waals surface area contributed by atoms with E-state index >= 15 is 0 Å². The molecule has 0 unspecified atom stereocenters. The van der Waals surface area contributed by atoms with Crippen LogP contribution >= 0.6 is 11.6 Å². The van der Waals surface area contributed by atoms with Crippen molar-refractivity contribution >= 4 is 45.1 Å². The van der Waals surface area contributed by atoms with Gasteiger partial charge in [0, 0.05) is 30.4 Å². The lowest BCUT2D eigenvalue weighted by atomic mass is 10.1. The van der Waals surface area contributed by atoms with Crippen molar-refractivity contribution in [2.45, 2.75) is 0 Å². The lowest BCUT2D eigenvalue weighted by Crippen LogP contribution is -2.36. The number of hydrogen-bond donors (Lipinski definition) is 1. The van der Waals surface area contributed by atoms with Gasteiger partial charge in [-0.15, -0.1) is 0 Å². The van der Waals surface area contributed by atoms with Crippen LogP contribution in [-0.4, -0.2) is 46.7 Å². The van der Waals surface area contributed by atoms with Crippen molar-refractivity contribution in [1.29, 1.82) is 0 Å². The van der Waals surface area contributed by atoms with Gasteiger partial charge in [-0.2, -0.15) is 0 Å². The summed E-state index contributed by atoms with van der Waals surface area (Å²) in [7, 11) is 0. The highest BCUT2D eigenvalue weighted by molar-refractivity contribution is 6.35. The Balaban J connectivity index is 1.77. The first kappa shape index (κ1) is 17.9. The summed E-state index contributed by atoms with van der Waals surface area (Å²) in [6.07, 6.45) is 3.42. The molecular formula is C21H18ClN5O2. The first-order valence-electron chi connectivity index (χ1n) is 9.30. The number of primary amides is 1. The Bertz CT molecular complexity index is 1250. The summed E-state index contributed by atoms with van der Waals surface area (Å²) < 4.78 is 7.40. The minimum Gasteiger partial charge on any atom is -0.378 e. The fraction of sp³-hybridized carbons (Fsp3) is 0.190. The molecule has 146 valence electrons. The van der Waals surface area contributed by atoms with E-state index in [4.69, 9.17) is 22.1 Å². The summed E-state index contributed by atoms with van der Waals surface area (Å²) >= 11 is 6.34. The molecule has 1 aliphatic rings. The molecule has 7 nitrogen and oxygen atoms in total. The second-order valence-corrected chi connectivity index (χ2v) is 7.31. The molecule has 1 amide bonds. The van der Waals surface area contributed by atoms with E-state index in [0.717, 1.165) is 35.4 Å². The Morgan fingerprint density at radius 1 is 1.10 bits per heavy atom. The predicted octanol–water partition coefficient (Wildman–Crippen LogP) is 3.16. The molecule has 2 N–H and O–H groups in total. The number of amides is 1. The molecule has 1 aliphatic heterocycles. The van der Waals surface area contributed by atoms with E-state index in [0.29, 0.717) is 34.8 Å². The number of pyridine rings is 1. The molecule has 0 spiro atoms. The van der Waals surface area contributed by atoms with E-state index in [1.54, 1.807) is 12.5 Å². The minimum absolute atomic E-state index is 0.402. The molecule has 8 heteroatoms. The van der Waals surface area contributed by atoms with E-state index in [1.165, 1.54) is 0 Å². The van der Waals surface area contributed by atoms with Gasteiger partial charge in [-0.3, -0.25) is 14.3 Å². The molecule has 5 rings (SSSR count). The molecule has 1 saturated heterocycles. The first-order valence-corrected chi connectivity index (χ1v) is 9.68. The van der Waals surface area contributed by atoms with Gasteiger partial charge in [0.15, 0.2) is 0 Å². The molecule has 0 saturated carbocycles. The van der Waals surface area contributed by atoms with Crippen LogP contribution in [0, 0.1) is 0 Å². The largest absolute Gasteiger partial charge is 0.378 e. The molecule has 0 atom stereocenters. The monoisotopic (exact) mass is 407 g/mol. The zero-order valence-corrected chi connectivity index (χ0v) is 16.3. The third-order valence-electron chi connectivity index (χ3n) is 5.24. The molecule has 0 radical (unpaired) electrons. The molecule has 0 aliphatic carbocycles. The lowest BCUT2D eigenvalue weighted by Gasteiger charge is -2.29. The number of halogens is 1. The quantitative estimate of drug-likeness (QED) is 0.563. The van der Waals surface area contributed by atoms with Gasteiger partial charge < -0.3 is 15.4 Å². The van der Waals surface area contributed by atoms with Gasteiger partial charge in [-0.25, -0.2) is 4.98 Å². The van der Waals surface area contributed by atoms with Crippen LogP contribution in [0.2, 0.25) is 5.02 Å². The number of imidazole rings is 1. The van der Waals surface area contributed by atoms with Crippen molar-refractivity contribution in [3.8, 4) is 5.69 Å². The van der Waals surface area contributed by atoms with Crippen molar-refractivity contribution in [3.63, 3.8) is 0 Å². The van der Waals surface area contributed by atoms with Gasteiger partial charge >= 0.3 is 0 Å². The normalized spacial score (nSPS) is 14.6. The third-order valence-corrected chi connectivity index (χ3v) is 5.54. The molecule has 2 aromatic carbocycles. The molecule has 1 fully saturated rings. The van der Waals surface area contributed by atoms with Crippen LogP contribution in [0.15, 0.2) is 48.9 Å². The number of benzene rings is 2. The molecule has 4 aromatic rings. The number of para-hydroxylation sites is 1. The maximum Gasteiger partial charge on any atom is 0.251 e. The van der Waals surface area contributed by atoms with Crippen LogP contribution in [0.25, 0.3) is 27.6 Å². The van der Waals surface area contributed by atoms with Gasteiger partial charge in [-0.1, -0.05) is 23.7 Å². The number of anilines is 1. The van der Waals surface area contributed by atoms with Crippen molar-refractivity contribution < 1.29 is 9.53 Å². The number of hydrogen-bond acceptors (Lipinski definition) is 5. The smallest absolute Gasteiger partial charge is 0.251 e. The van der Waals surface area contributed by atoms with Crippen molar-refractivity contribution in [2.75, 3.05) is 31.2 Å². The highest BCUT2D eigenvalue weighted by atomic mass is 35.5. The zero-order chi connectivity index (χ0) is 20.0. The highest BCUT2D eigenvalue weighted by Crippen LogP contribution is 2.31. The number of nitrogens with two attached hydrogens (primary N) is 1. The summed E-state index contributed by atoms with van der Waals surface area (Å²) in [4.78, 5) is 23.2. The summed E-state index contributed by atoms with van der Waals surface area (Å²) in [5.41, 5.74) is 9.98. The Kier molecular flexibility index (Phi) is 4.34. The Morgan fingerprint density at radius 3 is 2.72 bits per heavy atom. The number of morpholine rings is 1. The molecular weight excluding hydrogens is 390 g/mol. The summed E-state index contributed by atoms with van der Waals surface area (Å²) in [6, 6.07) is 11.4. The highest BCUT2D eigenvalue weighted by Gasteiger charge is 2.19. The molecule has 3 heterocycles. The van der Waals surface area contributed by atoms with Crippen molar-refractivity contribution in [2.24, 2.45) is 5.73 Å². The fourth-order valence-electron chi connectivity index (χ4n) is 3.82. The van der Waals surface area contributed by atoms with Gasteiger partial charge in [-0.05, 0) is 24.3 Å². The first-order chi connectivity index (χ1) is 14.1. The SMILES string of the molecule is NC(=O)c1cc(N2CCOCC2)cc2c1ncn2-c1ccnc2c(Cl)cccc12. The summed E-state index contributed by atoms with van der Waals surface area (Å²) in [5, 5.41) is 1.48. The molecule has 2 aromatic heterocycles. The topological polar surface area (TPSA) is 86.3 Å². The Hall–Kier alpha value is -3.16. The maximum absolute atomic E-state index is 12.2. The van der Waals surface area contributed by atoms with Crippen LogP contribution in [0.3, 0.4) is 0 Å². The average molecular weight is 408 g/mol. The van der Waals surface area contributed by atoms with E-state index in [2.05, 4.69) is 14.9 Å². The number of ether oxygens (including phenoxy) is 1. The van der Waals surface area contributed by atoms with E-state index in [1.807, 2.05) is 41.0 Å². The standard InChI is InChI=1S/C21H18ClN5O2/c22-16-3-1-2-14-17(4-5-24-19(14)16)27-12-25-20-15(21(23)28)10-13(11-18(20)27)26-6-8-29-9-7-26/h1-5,10-12H,6-9H2,(H2,23,28). The van der Waals surface area contributed by atoms with Crippen LogP contribution in [-0.2, 0) is 4.74 Å². The van der Waals surface area contributed by atoms with Gasteiger partial charge in [0.2, 0.25) is 0 Å². The molecule has 0 bridgehead atoms. The summed E-state index contributed by atoms with van der Waals surface area (Å²) in [6.45, 7) is 2.81. The third kappa shape index (κ3) is 2.99. The maximum atomic E-state index is 12.2. The lowest BCUT2D eigenvalue weighted by molar-refractivity contribution is 0.100. The van der Waals surface area contributed by atoms with Crippen molar-refractivity contribution in [3.05, 3.63) is 59.5 Å². The number of aromatic nitrogens is 3. The number of rotatable bonds is 3. The second kappa shape index (κ2) is 7.02. The van der Waals surface area contributed by atoms with Gasteiger partial charge in [0.25, 0.3) is 5.91 Å². The van der Waals surface area contributed by atoms with Gasteiger partial charge in [0.05, 0.1) is 40.5 Å². The van der Waals surface area contributed by atoms with Crippen LogP contribution in [0.4, 0.5) is 5.69 Å². The zero-order valence-electron chi connectivity index (χ0n) is 15.5. The van der Waals surface area contributed by atoms with E-state index in [9.17, 15) is 4.79 Å². The average Bonchev–Trinajstić information content (AvgIpc) is 3.17. The number of carbonyl (C=O) groups is 1. The number of carbonyl (C=O) groups excluding carboxylic acids is 1.